The van der Waals surface area contributed by atoms with Gasteiger partial charge in [0.1, 0.15) is 11.2 Å². The Hall–Kier alpha value is -7.16. The second-order valence-corrected chi connectivity index (χ2v) is 15.2. The van der Waals surface area contributed by atoms with Gasteiger partial charge in [-0.1, -0.05) is 158 Å². The predicted octanol–water partition coefficient (Wildman–Crippen LogP) is 14.3. The third-order valence-electron chi connectivity index (χ3n) is 12.1. The number of para-hydroxylation sites is 3. The Morgan fingerprint density at radius 2 is 0.982 bits per heavy atom. The van der Waals surface area contributed by atoms with Crippen molar-refractivity contribution in [2.75, 3.05) is 0 Å². The lowest BCUT2D eigenvalue weighted by molar-refractivity contribution is 0.670. The maximum absolute atomic E-state index is 6.51. The normalized spacial score (nSPS) is 12.5. The fourth-order valence-corrected chi connectivity index (χ4v) is 9.63. The van der Waals surface area contributed by atoms with Gasteiger partial charge in [0.25, 0.3) is 0 Å². The van der Waals surface area contributed by atoms with Gasteiger partial charge in [-0.25, -0.2) is 0 Å². The van der Waals surface area contributed by atoms with E-state index in [4.69, 9.17) is 4.42 Å². The molecule has 2 aromatic heterocycles. The van der Waals surface area contributed by atoms with Crippen LogP contribution in [0, 0.1) is 0 Å². The van der Waals surface area contributed by atoms with Crippen LogP contribution in [0.15, 0.2) is 192 Å². The van der Waals surface area contributed by atoms with Gasteiger partial charge in [-0.15, -0.1) is 0 Å². The Labute approximate surface area is 324 Å². The van der Waals surface area contributed by atoms with Crippen LogP contribution in [0.25, 0.3) is 93.6 Å². The first kappa shape index (κ1) is 31.2. The standard InChI is InChI=1S/C54H35NO/c1-4-17-40-34(13-1)27-28-39-32-36-15-3-6-19-42(36)53-38(31-35-14-2-5-18-41(35)52(39)40)16-11-25-50(53)55-48-24-9-7-20-44(48)47-33-37(29-30-49(47)55)43-22-12-23-46-45-21-8-10-26-51(45)56-54(43)46/h1-30,33H,31-32H2. The second-order valence-electron chi connectivity index (χ2n) is 15.2. The van der Waals surface area contributed by atoms with Crippen molar-refractivity contribution in [3.8, 4) is 39.1 Å². The number of aromatic nitrogens is 1. The Morgan fingerprint density at radius 1 is 0.375 bits per heavy atom. The van der Waals surface area contributed by atoms with E-state index in [9.17, 15) is 0 Å². The summed E-state index contributed by atoms with van der Waals surface area (Å²) >= 11 is 0. The van der Waals surface area contributed by atoms with Gasteiger partial charge in [0.2, 0.25) is 0 Å². The first-order valence-electron chi connectivity index (χ1n) is 19.5. The van der Waals surface area contributed by atoms with Gasteiger partial charge in [-0.3, -0.25) is 0 Å². The van der Waals surface area contributed by atoms with Crippen LogP contribution < -0.4 is 0 Å². The van der Waals surface area contributed by atoms with Gasteiger partial charge < -0.3 is 8.98 Å². The summed E-state index contributed by atoms with van der Waals surface area (Å²) in [6.07, 6.45) is 1.65. The van der Waals surface area contributed by atoms with Gasteiger partial charge in [-0.05, 0) is 98.5 Å². The highest BCUT2D eigenvalue weighted by molar-refractivity contribution is 6.13. The van der Waals surface area contributed by atoms with Crippen LogP contribution in [0.5, 0.6) is 0 Å². The minimum Gasteiger partial charge on any atom is -0.455 e. The lowest BCUT2D eigenvalue weighted by atomic mass is 9.82. The molecule has 0 atom stereocenters. The number of fused-ring (bicyclic) bond motifs is 14. The second kappa shape index (κ2) is 12.2. The molecule has 9 aromatic carbocycles. The highest BCUT2D eigenvalue weighted by Crippen LogP contribution is 2.45. The van der Waals surface area contributed by atoms with E-state index < -0.39 is 0 Å². The molecule has 0 radical (unpaired) electrons. The van der Waals surface area contributed by atoms with E-state index >= 15 is 0 Å². The van der Waals surface area contributed by atoms with Crippen LogP contribution in [-0.2, 0) is 12.8 Å². The van der Waals surface area contributed by atoms with Crippen molar-refractivity contribution in [2.24, 2.45) is 0 Å². The van der Waals surface area contributed by atoms with E-state index in [2.05, 4.69) is 187 Å². The van der Waals surface area contributed by atoms with Crippen LogP contribution in [-0.4, -0.2) is 4.57 Å². The molecule has 0 saturated carbocycles. The summed E-state index contributed by atoms with van der Waals surface area (Å²) in [5.41, 5.74) is 18.3. The minimum atomic E-state index is 0.819. The summed E-state index contributed by atoms with van der Waals surface area (Å²) in [6.45, 7) is 0. The molecular formula is C54H35NO. The maximum atomic E-state index is 6.51. The van der Waals surface area contributed by atoms with E-state index in [0.29, 0.717) is 0 Å². The molecule has 0 aliphatic heterocycles. The summed E-state index contributed by atoms with van der Waals surface area (Å²) < 4.78 is 9.02. The summed E-state index contributed by atoms with van der Waals surface area (Å²) in [5.74, 6) is 0. The van der Waals surface area contributed by atoms with Gasteiger partial charge in [0, 0.05) is 32.7 Å². The highest BCUT2D eigenvalue weighted by atomic mass is 16.3. The summed E-state index contributed by atoms with van der Waals surface area (Å²) in [7, 11) is 0. The van der Waals surface area contributed by atoms with Crippen LogP contribution in [0.2, 0.25) is 0 Å². The number of rotatable bonds is 2. The van der Waals surface area contributed by atoms with Crippen molar-refractivity contribution < 1.29 is 4.42 Å². The van der Waals surface area contributed by atoms with Gasteiger partial charge in [0.05, 0.1) is 16.7 Å². The molecule has 0 bridgehead atoms. The fourth-order valence-electron chi connectivity index (χ4n) is 9.63. The molecule has 0 amide bonds. The summed E-state index contributed by atoms with van der Waals surface area (Å²) in [5, 5.41) is 7.34. The third-order valence-corrected chi connectivity index (χ3v) is 12.1. The molecule has 12 rings (SSSR count). The van der Waals surface area contributed by atoms with E-state index in [1.54, 1.807) is 0 Å². The van der Waals surface area contributed by atoms with Crippen LogP contribution in [0.4, 0.5) is 0 Å². The highest BCUT2D eigenvalue weighted by Gasteiger charge is 2.24. The molecule has 2 heteroatoms. The summed E-state index contributed by atoms with van der Waals surface area (Å²) in [6, 6.07) is 69.2. The predicted molar refractivity (Wildman–Crippen MR) is 234 cm³/mol. The van der Waals surface area contributed by atoms with Crippen LogP contribution in [0.3, 0.4) is 0 Å². The molecule has 1 aliphatic rings. The van der Waals surface area contributed by atoms with E-state index in [-0.39, 0.29) is 0 Å². The zero-order valence-corrected chi connectivity index (χ0v) is 30.7. The zero-order valence-electron chi connectivity index (χ0n) is 30.7. The first-order chi connectivity index (χ1) is 27.8. The Balaban J connectivity index is 1.11. The topological polar surface area (TPSA) is 18.1 Å². The van der Waals surface area contributed by atoms with Gasteiger partial charge >= 0.3 is 0 Å². The Morgan fingerprint density at radius 3 is 1.84 bits per heavy atom. The largest absolute Gasteiger partial charge is 0.455 e. The summed E-state index contributed by atoms with van der Waals surface area (Å²) in [4.78, 5) is 0. The smallest absolute Gasteiger partial charge is 0.143 e. The molecule has 11 aromatic rings. The molecule has 0 spiro atoms. The molecule has 0 fully saturated rings. The number of hydrogen-bond donors (Lipinski definition) is 0. The number of benzene rings is 9. The minimum absolute atomic E-state index is 0.819. The monoisotopic (exact) mass is 713 g/mol. The van der Waals surface area contributed by atoms with Crippen molar-refractivity contribution in [2.45, 2.75) is 12.8 Å². The first-order valence-corrected chi connectivity index (χ1v) is 19.5. The molecule has 262 valence electrons. The lowest BCUT2D eigenvalue weighted by Gasteiger charge is -2.24. The molecule has 2 nitrogen and oxygen atoms in total. The molecule has 0 unspecified atom stereocenters. The van der Waals surface area contributed by atoms with Gasteiger partial charge in [0.15, 0.2) is 0 Å². The van der Waals surface area contributed by atoms with Crippen molar-refractivity contribution in [1.82, 2.24) is 4.57 Å². The quantitative estimate of drug-likeness (QED) is 0.174. The van der Waals surface area contributed by atoms with E-state index in [1.807, 2.05) is 6.07 Å². The molecule has 56 heavy (non-hydrogen) atoms. The number of hydrogen-bond acceptors (Lipinski definition) is 1. The van der Waals surface area contributed by atoms with E-state index in [0.717, 1.165) is 45.9 Å². The maximum Gasteiger partial charge on any atom is 0.143 e. The van der Waals surface area contributed by atoms with Crippen LogP contribution in [0.1, 0.15) is 22.3 Å². The third kappa shape index (κ3) is 4.63. The van der Waals surface area contributed by atoms with E-state index in [1.165, 1.54) is 82.8 Å². The molecule has 0 saturated heterocycles. The molecule has 0 N–H and O–H groups in total. The van der Waals surface area contributed by atoms with Crippen LogP contribution >= 0.6 is 0 Å². The molecule has 1 aliphatic carbocycles. The molecule has 2 heterocycles. The Kier molecular flexibility index (Phi) is 6.79. The van der Waals surface area contributed by atoms with Crippen molar-refractivity contribution in [3.63, 3.8) is 0 Å². The lowest BCUT2D eigenvalue weighted by Crippen LogP contribution is -2.06. The SMILES string of the molecule is c1ccc2c(c1)Cc1ccc3ccccc3c1-c1ccccc1Cc1cccc(-n3c4ccccc4c4cc(-c5cccc6c5oc5ccccc56)ccc43)c1-2. The number of furan rings is 1. The van der Waals surface area contributed by atoms with Crippen molar-refractivity contribution in [3.05, 3.63) is 210 Å². The van der Waals surface area contributed by atoms with Crippen molar-refractivity contribution in [1.29, 1.82) is 0 Å². The van der Waals surface area contributed by atoms with Crippen molar-refractivity contribution >= 4 is 54.5 Å². The zero-order chi connectivity index (χ0) is 36.7. The Bertz CT molecular complexity index is 3380. The molecular weight excluding hydrogens is 679 g/mol. The average Bonchev–Trinajstić information content (AvgIpc) is 3.80. The fraction of sp³-hybridized carbons (Fsp3) is 0.0370. The van der Waals surface area contributed by atoms with Gasteiger partial charge in [-0.2, -0.15) is 0 Å². The average molecular weight is 714 g/mol. The number of nitrogens with zero attached hydrogens (tertiary/aromatic N) is 1.